The zero-order chi connectivity index (χ0) is 30.3. The number of benzene rings is 1. The second kappa shape index (κ2) is 14.6. The number of hydrogen-bond acceptors (Lipinski definition) is 7. The van der Waals surface area contributed by atoms with Gasteiger partial charge in [0.05, 0.1) is 28.7 Å². The first-order chi connectivity index (χ1) is 20.0. The smallest absolute Gasteiger partial charge is 0.246 e. The minimum Gasteiger partial charge on any atom is -0.381 e. The van der Waals surface area contributed by atoms with Crippen LogP contribution in [0.2, 0.25) is 0 Å². The summed E-state index contributed by atoms with van der Waals surface area (Å²) in [5.74, 6) is -0.584. The number of aryl methyl sites for hydroxylation is 1. The summed E-state index contributed by atoms with van der Waals surface area (Å²) < 4.78 is 5.67. The topological polar surface area (TPSA) is 104 Å². The van der Waals surface area contributed by atoms with Crippen LogP contribution in [0, 0.1) is 12.3 Å². The van der Waals surface area contributed by atoms with Gasteiger partial charge in [0, 0.05) is 26.1 Å². The van der Waals surface area contributed by atoms with Gasteiger partial charge in [-0.1, -0.05) is 45.0 Å². The molecule has 0 radical (unpaired) electrons. The van der Waals surface area contributed by atoms with Crippen LogP contribution < -0.4 is 10.6 Å². The number of ether oxygens (including phenoxy) is 1. The maximum absolute atomic E-state index is 13.8. The summed E-state index contributed by atoms with van der Waals surface area (Å²) in [6, 6.07) is 6.66. The molecule has 1 aromatic carbocycles. The van der Waals surface area contributed by atoms with Crippen LogP contribution in [0.5, 0.6) is 0 Å². The summed E-state index contributed by atoms with van der Waals surface area (Å²) in [6.07, 6.45) is 3.78. The van der Waals surface area contributed by atoms with E-state index in [-0.39, 0.29) is 30.2 Å². The van der Waals surface area contributed by atoms with Gasteiger partial charge in [-0.25, -0.2) is 4.98 Å². The predicted molar refractivity (Wildman–Crippen MR) is 166 cm³/mol. The molecule has 2 aliphatic rings. The molecule has 3 heterocycles. The second-order valence-corrected chi connectivity index (χ2v) is 13.4. The summed E-state index contributed by atoms with van der Waals surface area (Å²) in [5.41, 5.74) is 4.43. The van der Waals surface area contributed by atoms with E-state index in [4.69, 9.17) is 4.74 Å². The minimum absolute atomic E-state index is 0.165. The fourth-order valence-corrected chi connectivity index (χ4v) is 6.32. The zero-order valence-electron chi connectivity index (χ0n) is 25.8. The van der Waals surface area contributed by atoms with Gasteiger partial charge in [-0.2, -0.15) is 0 Å². The van der Waals surface area contributed by atoms with Gasteiger partial charge in [-0.15, -0.1) is 11.3 Å². The molecule has 3 amide bonds. The fraction of sp³-hybridized carbons (Fsp3) is 0.625. The van der Waals surface area contributed by atoms with Crippen LogP contribution in [0.15, 0.2) is 29.8 Å². The molecule has 1 aromatic heterocycles. The number of carbonyl (C=O) groups excluding carboxylic acids is 3. The molecule has 0 spiro atoms. The van der Waals surface area contributed by atoms with E-state index in [1.54, 1.807) is 16.2 Å². The van der Waals surface area contributed by atoms with Crippen molar-refractivity contribution >= 4 is 29.1 Å². The summed E-state index contributed by atoms with van der Waals surface area (Å²) in [7, 11) is 0. The van der Waals surface area contributed by atoms with Crippen molar-refractivity contribution in [3.63, 3.8) is 0 Å². The number of hydrogen-bond donors (Lipinski definition) is 2. The maximum atomic E-state index is 13.8. The first-order valence-corrected chi connectivity index (χ1v) is 16.1. The standard InChI is InChI=1S/C32H47N5O4S/c1-22(24-10-12-25(13-11-24)28-23(2)33-21-42-28)34-30(39)26-9-6-18-37(26)31(40)29(32(3,4)5)35-27(38)14-20-41-19-8-17-36-15-7-16-36/h10-13,21-22,26,29H,6-9,14-20H2,1-5H3,(H,34,39)(H,35,38)/t22-,26-,29+/m0/s1. The van der Waals surface area contributed by atoms with Gasteiger partial charge in [0.2, 0.25) is 17.7 Å². The SMILES string of the molecule is Cc1ncsc1-c1ccc([C@H](C)NC(=O)[C@@H]2CCCN2C(=O)[C@@H](NC(=O)CCOCCCN2CCC2)C(C)(C)C)cc1. The average molecular weight is 598 g/mol. The van der Waals surface area contributed by atoms with Crippen LogP contribution >= 0.6 is 11.3 Å². The lowest BCUT2D eigenvalue weighted by Gasteiger charge is -2.35. The normalized spacial score (nSPS) is 18.8. The molecular formula is C32H47N5O4S. The Kier molecular flexibility index (Phi) is 11.1. The van der Waals surface area contributed by atoms with Crippen molar-refractivity contribution in [3.05, 3.63) is 41.0 Å². The second-order valence-electron chi connectivity index (χ2n) is 12.6. The number of aromatic nitrogens is 1. The van der Waals surface area contributed by atoms with Crippen LogP contribution in [0.25, 0.3) is 10.4 Å². The van der Waals surface area contributed by atoms with Crippen molar-refractivity contribution < 1.29 is 19.1 Å². The molecule has 230 valence electrons. The van der Waals surface area contributed by atoms with Crippen LogP contribution in [-0.4, -0.2) is 84.0 Å². The lowest BCUT2D eigenvalue weighted by Crippen LogP contribution is -2.57. The maximum Gasteiger partial charge on any atom is 0.246 e. The molecule has 0 aliphatic carbocycles. The van der Waals surface area contributed by atoms with E-state index in [9.17, 15) is 14.4 Å². The third-order valence-electron chi connectivity index (χ3n) is 8.22. The van der Waals surface area contributed by atoms with E-state index < -0.39 is 17.5 Å². The van der Waals surface area contributed by atoms with Crippen LogP contribution in [-0.2, 0) is 19.1 Å². The number of rotatable bonds is 13. The summed E-state index contributed by atoms with van der Waals surface area (Å²) in [6.45, 7) is 14.6. The number of nitrogens with zero attached hydrogens (tertiary/aromatic N) is 3. The van der Waals surface area contributed by atoms with Crippen LogP contribution in [0.1, 0.15) is 77.1 Å². The molecule has 9 nitrogen and oxygen atoms in total. The Morgan fingerprint density at radius 3 is 2.43 bits per heavy atom. The molecule has 0 unspecified atom stereocenters. The highest BCUT2D eigenvalue weighted by Gasteiger charge is 2.42. The average Bonchev–Trinajstić information content (AvgIpc) is 3.58. The molecule has 2 fully saturated rings. The van der Waals surface area contributed by atoms with Crippen molar-refractivity contribution in [2.24, 2.45) is 5.41 Å². The highest BCUT2D eigenvalue weighted by Crippen LogP contribution is 2.29. The monoisotopic (exact) mass is 597 g/mol. The Balaban J connectivity index is 1.29. The molecule has 0 saturated carbocycles. The Morgan fingerprint density at radius 1 is 1.07 bits per heavy atom. The highest BCUT2D eigenvalue weighted by atomic mass is 32.1. The third kappa shape index (κ3) is 8.39. The zero-order valence-corrected chi connectivity index (χ0v) is 26.6. The van der Waals surface area contributed by atoms with Crippen LogP contribution in [0.4, 0.5) is 0 Å². The van der Waals surface area contributed by atoms with E-state index >= 15 is 0 Å². The molecule has 3 atom stereocenters. The Bertz CT molecular complexity index is 1200. The van der Waals surface area contributed by atoms with E-state index in [2.05, 4.69) is 32.7 Å². The lowest BCUT2D eigenvalue weighted by atomic mass is 9.85. The van der Waals surface area contributed by atoms with E-state index in [1.165, 1.54) is 19.5 Å². The van der Waals surface area contributed by atoms with Crippen molar-refractivity contribution in [3.8, 4) is 10.4 Å². The minimum atomic E-state index is -0.731. The van der Waals surface area contributed by atoms with Gasteiger partial charge < -0.3 is 25.2 Å². The van der Waals surface area contributed by atoms with Gasteiger partial charge in [-0.3, -0.25) is 14.4 Å². The lowest BCUT2D eigenvalue weighted by molar-refractivity contribution is -0.144. The summed E-state index contributed by atoms with van der Waals surface area (Å²) in [4.78, 5) is 49.5. The van der Waals surface area contributed by atoms with Gasteiger partial charge in [-0.05, 0) is 69.2 Å². The quantitative estimate of drug-likeness (QED) is 0.334. The van der Waals surface area contributed by atoms with Gasteiger partial charge in [0.15, 0.2) is 0 Å². The highest BCUT2D eigenvalue weighted by molar-refractivity contribution is 7.13. The van der Waals surface area contributed by atoms with Crippen molar-refractivity contribution in [2.45, 2.75) is 84.8 Å². The van der Waals surface area contributed by atoms with Gasteiger partial charge in [0.1, 0.15) is 12.1 Å². The fourth-order valence-electron chi connectivity index (χ4n) is 5.51. The molecule has 2 aliphatic heterocycles. The van der Waals surface area contributed by atoms with E-state index in [0.29, 0.717) is 26.2 Å². The Hall–Kier alpha value is -2.82. The van der Waals surface area contributed by atoms with Crippen molar-refractivity contribution in [1.82, 2.24) is 25.4 Å². The number of thiazole rings is 1. The third-order valence-corrected chi connectivity index (χ3v) is 9.20. The first kappa shape index (κ1) is 32.1. The summed E-state index contributed by atoms with van der Waals surface area (Å²) in [5, 5.41) is 6.07. The van der Waals surface area contributed by atoms with Gasteiger partial charge in [0.25, 0.3) is 0 Å². The molecular weight excluding hydrogens is 550 g/mol. The molecule has 4 rings (SSSR count). The Morgan fingerprint density at radius 2 is 1.81 bits per heavy atom. The van der Waals surface area contributed by atoms with Crippen molar-refractivity contribution in [1.29, 1.82) is 0 Å². The molecule has 2 aromatic rings. The number of carbonyl (C=O) groups is 3. The molecule has 2 saturated heterocycles. The molecule has 2 N–H and O–H groups in total. The summed E-state index contributed by atoms with van der Waals surface area (Å²) >= 11 is 1.61. The van der Waals surface area contributed by atoms with Crippen molar-refractivity contribution in [2.75, 3.05) is 39.4 Å². The first-order valence-electron chi connectivity index (χ1n) is 15.3. The van der Waals surface area contributed by atoms with E-state index in [1.807, 2.05) is 52.3 Å². The van der Waals surface area contributed by atoms with Crippen LogP contribution in [0.3, 0.4) is 0 Å². The largest absolute Gasteiger partial charge is 0.381 e. The van der Waals surface area contributed by atoms with E-state index in [0.717, 1.165) is 41.1 Å². The Labute approximate surface area is 254 Å². The molecule has 10 heteroatoms. The predicted octanol–water partition coefficient (Wildman–Crippen LogP) is 4.32. The number of amides is 3. The number of nitrogens with one attached hydrogen (secondary N) is 2. The number of likely N-dealkylation sites (tertiary alicyclic amines) is 2. The molecule has 0 bridgehead atoms. The molecule has 42 heavy (non-hydrogen) atoms. The van der Waals surface area contributed by atoms with Gasteiger partial charge >= 0.3 is 0 Å².